The number of nitrogens with zero attached hydrogens (tertiary/aromatic N) is 3. The highest BCUT2D eigenvalue weighted by molar-refractivity contribution is 6.05. The van der Waals surface area contributed by atoms with Crippen molar-refractivity contribution in [3.05, 3.63) is 95.8 Å². The molecule has 0 saturated heterocycles. The molecule has 0 aliphatic heterocycles. The van der Waals surface area contributed by atoms with E-state index in [1.54, 1.807) is 30.2 Å². The summed E-state index contributed by atoms with van der Waals surface area (Å²) < 4.78 is 28.9. The van der Waals surface area contributed by atoms with E-state index in [0.29, 0.717) is 16.8 Å². The number of hydrogen-bond donors (Lipinski definition) is 1. The van der Waals surface area contributed by atoms with Crippen molar-refractivity contribution in [3.8, 4) is 0 Å². The lowest BCUT2D eigenvalue weighted by molar-refractivity contribution is 0.0938. The molecule has 7 heteroatoms. The fourth-order valence-electron chi connectivity index (χ4n) is 3.14. The molecule has 1 atom stereocenters. The van der Waals surface area contributed by atoms with Gasteiger partial charge in [-0.2, -0.15) is 0 Å². The molecule has 0 fully saturated rings. The van der Waals surface area contributed by atoms with E-state index in [9.17, 15) is 13.6 Å². The van der Waals surface area contributed by atoms with Gasteiger partial charge in [-0.15, -0.1) is 0 Å². The molecule has 4 aromatic rings. The van der Waals surface area contributed by atoms with Crippen LogP contribution in [0.4, 0.5) is 8.78 Å². The lowest BCUT2D eigenvalue weighted by atomic mass is 10.0. The zero-order valence-corrected chi connectivity index (χ0v) is 14.9. The Morgan fingerprint density at radius 2 is 1.86 bits per heavy atom. The number of imidazole rings is 1. The zero-order valence-electron chi connectivity index (χ0n) is 14.9. The lowest BCUT2D eigenvalue weighted by Crippen LogP contribution is -2.32. The van der Waals surface area contributed by atoms with Crippen LogP contribution in [0, 0.1) is 11.6 Å². The second-order valence-corrected chi connectivity index (χ2v) is 6.36. The topological polar surface area (TPSA) is 59.8 Å². The Bertz CT molecular complexity index is 1170. The van der Waals surface area contributed by atoms with Crippen LogP contribution in [-0.2, 0) is 7.05 Å². The molecule has 2 aromatic carbocycles. The van der Waals surface area contributed by atoms with Gasteiger partial charge in [0.05, 0.1) is 0 Å². The zero-order chi connectivity index (χ0) is 19.7. The predicted molar refractivity (Wildman–Crippen MR) is 101 cm³/mol. The van der Waals surface area contributed by atoms with Crippen LogP contribution in [0.15, 0.2) is 67.1 Å². The number of hydrogen-bond acceptors (Lipinski definition) is 3. The highest BCUT2D eigenvalue weighted by Gasteiger charge is 2.24. The molecule has 2 heterocycles. The summed E-state index contributed by atoms with van der Waals surface area (Å²) in [5, 5.41) is 4.44. The first kappa shape index (κ1) is 17.8. The molecule has 28 heavy (non-hydrogen) atoms. The van der Waals surface area contributed by atoms with Crippen molar-refractivity contribution in [2.24, 2.45) is 7.05 Å². The standard InChI is InChI=1S/C21H16F2N4O/c1-27-11-10-25-20(27)18(14-6-7-16(22)17(23)12-14)26-21(28)19-15-5-3-2-4-13(15)8-9-24-19/h2-12,18H,1H3,(H,26,28)/t18-/m0/s1. The number of pyridine rings is 1. The molecule has 2 aromatic heterocycles. The first-order chi connectivity index (χ1) is 13.5. The molecule has 0 radical (unpaired) electrons. The highest BCUT2D eigenvalue weighted by Crippen LogP contribution is 2.24. The first-order valence-corrected chi connectivity index (χ1v) is 8.61. The van der Waals surface area contributed by atoms with E-state index >= 15 is 0 Å². The van der Waals surface area contributed by atoms with Gasteiger partial charge in [-0.05, 0) is 29.1 Å². The predicted octanol–water partition coefficient (Wildman–Crippen LogP) is 3.77. The maximum absolute atomic E-state index is 13.8. The largest absolute Gasteiger partial charge is 0.337 e. The van der Waals surface area contributed by atoms with Crippen LogP contribution in [-0.4, -0.2) is 20.4 Å². The van der Waals surface area contributed by atoms with E-state index in [1.165, 1.54) is 6.07 Å². The number of aryl methyl sites for hydroxylation is 1. The number of halogens is 2. The van der Waals surface area contributed by atoms with Crippen LogP contribution in [0.25, 0.3) is 10.8 Å². The molecule has 0 bridgehead atoms. The molecule has 0 spiro atoms. The summed E-state index contributed by atoms with van der Waals surface area (Å²) in [5.41, 5.74) is 0.627. The minimum Gasteiger partial charge on any atom is -0.337 e. The van der Waals surface area contributed by atoms with Crippen molar-refractivity contribution in [1.82, 2.24) is 19.9 Å². The summed E-state index contributed by atoms with van der Waals surface area (Å²) in [6.07, 6.45) is 4.85. The van der Waals surface area contributed by atoms with E-state index in [4.69, 9.17) is 0 Å². The monoisotopic (exact) mass is 378 g/mol. The third kappa shape index (κ3) is 3.22. The SMILES string of the molecule is Cn1ccnc1[C@@H](NC(=O)c1nccc2ccccc12)c1ccc(F)c(F)c1. The van der Waals surface area contributed by atoms with Gasteiger partial charge >= 0.3 is 0 Å². The van der Waals surface area contributed by atoms with Gasteiger partial charge in [-0.1, -0.05) is 30.3 Å². The number of aromatic nitrogens is 3. The Labute approximate surface area is 159 Å². The van der Waals surface area contributed by atoms with Gasteiger partial charge in [-0.25, -0.2) is 13.8 Å². The third-order valence-electron chi connectivity index (χ3n) is 4.56. The minimum absolute atomic E-state index is 0.250. The Morgan fingerprint density at radius 1 is 1.04 bits per heavy atom. The number of rotatable bonds is 4. The van der Waals surface area contributed by atoms with E-state index in [-0.39, 0.29) is 5.69 Å². The summed E-state index contributed by atoms with van der Waals surface area (Å²) in [6, 6.07) is 12.0. The maximum Gasteiger partial charge on any atom is 0.271 e. The number of benzene rings is 2. The Kier molecular flexibility index (Phi) is 4.57. The third-order valence-corrected chi connectivity index (χ3v) is 4.56. The number of nitrogens with one attached hydrogen (secondary N) is 1. The molecule has 0 aliphatic rings. The van der Waals surface area contributed by atoms with Gasteiger partial charge in [0, 0.05) is 31.0 Å². The smallest absolute Gasteiger partial charge is 0.271 e. The number of amides is 1. The summed E-state index contributed by atoms with van der Waals surface area (Å²) in [6.45, 7) is 0. The van der Waals surface area contributed by atoms with E-state index < -0.39 is 23.6 Å². The van der Waals surface area contributed by atoms with Crippen LogP contribution in [0.2, 0.25) is 0 Å². The normalized spacial score (nSPS) is 12.1. The Hall–Kier alpha value is -3.61. The van der Waals surface area contributed by atoms with Crippen LogP contribution in [0.3, 0.4) is 0 Å². The van der Waals surface area contributed by atoms with Crippen molar-refractivity contribution < 1.29 is 13.6 Å². The van der Waals surface area contributed by atoms with Gasteiger partial charge in [0.1, 0.15) is 17.6 Å². The van der Waals surface area contributed by atoms with Crippen molar-refractivity contribution >= 4 is 16.7 Å². The van der Waals surface area contributed by atoms with Gasteiger partial charge < -0.3 is 9.88 Å². The number of carbonyl (C=O) groups excluding carboxylic acids is 1. The van der Waals surface area contributed by atoms with Gasteiger partial charge in [0.2, 0.25) is 0 Å². The number of carbonyl (C=O) groups is 1. The van der Waals surface area contributed by atoms with Crippen LogP contribution in [0.1, 0.15) is 27.9 Å². The average Bonchev–Trinajstić information content (AvgIpc) is 3.13. The Morgan fingerprint density at radius 3 is 2.61 bits per heavy atom. The van der Waals surface area contributed by atoms with Crippen LogP contribution < -0.4 is 5.32 Å². The molecule has 1 amide bonds. The first-order valence-electron chi connectivity index (χ1n) is 8.61. The molecule has 140 valence electrons. The average molecular weight is 378 g/mol. The van der Waals surface area contributed by atoms with Crippen molar-refractivity contribution in [2.45, 2.75) is 6.04 Å². The van der Waals surface area contributed by atoms with Gasteiger partial charge in [0.25, 0.3) is 5.91 Å². The molecule has 5 nitrogen and oxygen atoms in total. The molecular weight excluding hydrogens is 362 g/mol. The lowest BCUT2D eigenvalue weighted by Gasteiger charge is -2.19. The van der Waals surface area contributed by atoms with Crippen molar-refractivity contribution in [1.29, 1.82) is 0 Å². The van der Waals surface area contributed by atoms with Crippen LogP contribution in [0.5, 0.6) is 0 Å². The fraction of sp³-hybridized carbons (Fsp3) is 0.0952. The molecule has 1 N–H and O–H groups in total. The van der Waals surface area contributed by atoms with Crippen LogP contribution >= 0.6 is 0 Å². The molecule has 0 aliphatic carbocycles. The second-order valence-electron chi connectivity index (χ2n) is 6.36. The summed E-state index contributed by atoms with van der Waals surface area (Å²) >= 11 is 0. The highest BCUT2D eigenvalue weighted by atomic mass is 19.2. The van der Waals surface area contributed by atoms with Crippen molar-refractivity contribution in [3.63, 3.8) is 0 Å². The quantitative estimate of drug-likeness (QED) is 0.588. The summed E-state index contributed by atoms with van der Waals surface area (Å²) in [5.74, 6) is -1.90. The fourth-order valence-corrected chi connectivity index (χ4v) is 3.14. The van der Waals surface area contributed by atoms with Gasteiger partial charge in [-0.3, -0.25) is 9.78 Å². The van der Waals surface area contributed by atoms with Gasteiger partial charge in [0.15, 0.2) is 11.6 Å². The number of fused-ring (bicyclic) bond motifs is 1. The van der Waals surface area contributed by atoms with Crippen molar-refractivity contribution in [2.75, 3.05) is 0 Å². The maximum atomic E-state index is 13.8. The molecular formula is C21H16F2N4O. The van der Waals surface area contributed by atoms with E-state index in [2.05, 4.69) is 15.3 Å². The van der Waals surface area contributed by atoms with E-state index in [1.807, 2.05) is 30.3 Å². The Balaban J connectivity index is 1.76. The summed E-state index contributed by atoms with van der Waals surface area (Å²) in [7, 11) is 1.76. The molecule has 0 saturated carbocycles. The second kappa shape index (κ2) is 7.19. The minimum atomic E-state index is -0.991. The molecule has 4 rings (SSSR count). The molecule has 0 unspecified atom stereocenters. The summed E-state index contributed by atoms with van der Waals surface area (Å²) in [4.78, 5) is 21.5. The van der Waals surface area contributed by atoms with E-state index in [0.717, 1.165) is 17.5 Å².